The van der Waals surface area contributed by atoms with Gasteiger partial charge in [-0.05, 0) is 44.0 Å². The highest BCUT2D eigenvalue weighted by atomic mass is 16.5. The summed E-state index contributed by atoms with van der Waals surface area (Å²) in [5.41, 5.74) is 11.4. The smallest absolute Gasteiger partial charge is 0.257 e. The zero-order valence-electron chi connectivity index (χ0n) is 16.8. The number of hydrogen-bond donors (Lipinski definition) is 2. The van der Waals surface area contributed by atoms with Crippen LogP contribution in [0.1, 0.15) is 28.8 Å². The van der Waals surface area contributed by atoms with Crippen molar-refractivity contribution in [2.45, 2.75) is 25.9 Å². The molecule has 0 unspecified atom stereocenters. The molecule has 0 saturated carbocycles. The number of fused-ring (bicyclic) bond motifs is 2. The summed E-state index contributed by atoms with van der Waals surface area (Å²) in [6.45, 7) is 3.22. The van der Waals surface area contributed by atoms with E-state index in [-0.39, 0.29) is 12.0 Å². The van der Waals surface area contributed by atoms with Crippen molar-refractivity contribution < 1.29 is 9.53 Å². The second kappa shape index (κ2) is 7.42. The van der Waals surface area contributed by atoms with Crippen molar-refractivity contribution in [2.75, 3.05) is 18.9 Å². The molecule has 1 fully saturated rings. The molecule has 1 aliphatic rings. The Morgan fingerprint density at radius 3 is 2.60 bits per heavy atom. The minimum Gasteiger partial charge on any atom is -0.384 e. The Kier molecular flexibility index (Phi) is 4.59. The van der Waals surface area contributed by atoms with Crippen molar-refractivity contribution in [1.82, 2.24) is 19.9 Å². The number of anilines is 1. The molecule has 152 valence electrons. The number of ether oxygens (including phenoxy) is 1. The number of aromatic nitrogens is 3. The van der Waals surface area contributed by atoms with E-state index in [9.17, 15) is 4.79 Å². The number of rotatable bonds is 4. The number of amides is 1. The van der Waals surface area contributed by atoms with Gasteiger partial charge in [-0.3, -0.25) is 9.36 Å². The fraction of sp³-hybridized carbons (Fsp3) is 0.261. The van der Waals surface area contributed by atoms with Gasteiger partial charge in [0.25, 0.3) is 5.91 Å². The highest BCUT2D eigenvalue weighted by Crippen LogP contribution is 2.31. The Morgan fingerprint density at radius 2 is 1.90 bits per heavy atom. The predicted octanol–water partition coefficient (Wildman–Crippen LogP) is 3.37. The molecule has 0 spiro atoms. The zero-order chi connectivity index (χ0) is 20.7. The average molecular weight is 401 g/mol. The minimum absolute atomic E-state index is 0.0486. The number of nitrogens with zero attached hydrogens (tertiary/aromatic N) is 3. The summed E-state index contributed by atoms with van der Waals surface area (Å²) in [6.07, 6.45) is 2.02. The minimum atomic E-state index is -0.261. The normalized spacial score (nSPS) is 16.4. The molecule has 1 saturated heterocycles. The van der Waals surface area contributed by atoms with Crippen LogP contribution in [0.3, 0.4) is 0 Å². The van der Waals surface area contributed by atoms with Crippen LogP contribution in [0.25, 0.3) is 27.9 Å². The Balaban J connectivity index is 1.66. The van der Waals surface area contributed by atoms with Crippen molar-refractivity contribution in [3.8, 4) is 5.69 Å². The Hall–Kier alpha value is -3.45. The molecular formula is C23H23N5O2. The number of hydrogen-bond acceptors (Lipinski definition) is 5. The average Bonchev–Trinajstić information content (AvgIpc) is 3.37. The van der Waals surface area contributed by atoms with Crippen molar-refractivity contribution in [1.29, 1.82) is 0 Å². The monoisotopic (exact) mass is 401 g/mol. The first-order valence-corrected chi connectivity index (χ1v) is 10.2. The molecule has 0 aliphatic carbocycles. The summed E-state index contributed by atoms with van der Waals surface area (Å²) < 4.78 is 7.42. The highest BCUT2D eigenvalue weighted by Gasteiger charge is 2.26. The molecule has 2 aromatic heterocycles. The van der Waals surface area contributed by atoms with E-state index in [1.807, 2.05) is 55.5 Å². The largest absolute Gasteiger partial charge is 0.384 e. The van der Waals surface area contributed by atoms with Crippen molar-refractivity contribution in [3.63, 3.8) is 0 Å². The van der Waals surface area contributed by atoms with Gasteiger partial charge in [0.15, 0.2) is 5.65 Å². The number of carbonyl (C=O) groups is 1. The van der Waals surface area contributed by atoms with Crippen LogP contribution in [0.15, 0.2) is 48.5 Å². The maximum Gasteiger partial charge on any atom is 0.257 e. The van der Waals surface area contributed by atoms with Crippen molar-refractivity contribution in [2.24, 2.45) is 0 Å². The molecule has 30 heavy (non-hydrogen) atoms. The van der Waals surface area contributed by atoms with E-state index in [1.54, 1.807) is 4.57 Å². The second-order valence-corrected chi connectivity index (χ2v) is 7.66. The number of carbonyl (C=O) groups excluding carboxylic acids is 1. The van der Waals surface area contributed by atoms with Gasteiger partial charge in [-0.1, -0.05) is 29.8 Å². The summed E-state index contributed by atoms with van der Waals surface area (Å²) in [5, 5.41) is 2.97. The van der Waals surface area contributed by atoms with Crippen LogP contribution in [0, 0.1) is 6.92 Å². The van der Waals surface area contributed by atoms with Crippen LogP contribution in [-0.4, -0.2) is 39.7 Å². The lowest BCUT2D eigenvalue weighted by atomic mass is 10.2. The maximum absolute atomic E-state index is 13.1. The van der Waals surface area contributed by atoms with E-state index in [0.717, 1.165) is 41.7 Å². The molecule has 1 aliphatic heterocycles. The van der Waals surface area contributed by atoms with Crippen molar-refractivity contribution >= 4 is 33.9 Å². The number of nitrogens with two attached hydrogens (primary N) is 1. The third-order valence-corrected chi connectivity index (χ3v) is 5.53. The third-order valence-electron chi connectivity index (χ3n) is 5.53. The van der Waals surface area contributed by atoms with Gasteiger partial charge in [-0.25, -0.2) is 9.97 Å². The van der Waals surface area contributed by atoms with Crippen LogP contribution in [0.5, 0.6) is 0 Å². The highest BCUT2D eigenvalue weighted by molar-refractivity contribution is 6.11. The van der Waals surface area contributed by atoms with Gasteiger partial charge in [0.1, 0.15) is 16.9 Å². The topological polar surface area (TPSA) is 95.1 Å². The number of nitrogen functional groups attached to an aromatic ring is 1. The summed E-state index contributed by atoms with van der Waals surface area (Å²) in [7, 11) is 0. The molecule has 5 rings (SSSR count). The van der Waals surface area contributed by atoms with E-state index < -0.39 is 0 Å². The van der Waals surface area contributed by atoms with Gasteiger partial charge in [-0.15, -0.1) is 0 Å². The molecule has 0 bridgehead atoms. The van der Waals surface area contributed by atoms with Crippen LogP contribution < -0.4 is 11.1 Å². The molecule has 2 aromatic carbocycles. The van der Waals surface area contributed by atoms with Crippen LogP contribution in [-0.2, 0) is 4.74 Å². The SMILES string of the molecule is Cc1ccc(-n2c(N)c(C(=O)NC[C@@H]3CCCO3)c3nc4ccccc4nc32)cc1. The lowest BCUT2D eigenvalue weighted by molar-refractivity contribution is 0.0859. The number of aryl methyl sites for hydroxylation is 1. The Morgan fingerprint density at radius 1 is 1.17 bits per heavy atom. The Bertz CT molecular complexity index is 1240. The van der Waals surface area contributed by atoms with E-state index in [2.05, 4.69) is 5.32 Å². The maximum atomic E-state index is 13.1. The first-order valence-electron chi connectivity index (χ1n) is 10.2. The number of nitrogens with one attached hydrogen (secondary N) is 1. The van der Waals surface area contributed by atoms with Crippen molar-refractivity contribution in [3.05, 3.63) is 59.7 Å². The first kappa shape index (κ1) is 18.6. The zero-order valence-corrected chi connectivity index (χ0v) is 16.8. The Labute approximate surface area is 173 Å². The van der Waals surface area contributed by atoms with E-state index >= 15 is 0 Å². The van der Waals surface area contributed by atoms with Gasteiger partial charge in [0, 0.05) is 18.8 Å². The van der Waals surface area contributed by atoms with Crippen LogP contribution in [0.2, 0.25) is 0 Å². The molecule has 3 N–H and O–H groups in total. The van der Waals surface area contributed by atoms with Gasteiger partial charge in [0.05, 0.1) is 17.1 Å². The molecule has 0 radical (unpaired) electrons. The van der Waals surface area contributed by atoms with Gasteiger partial charge in [0.2, 0.25) is 0 Å². The molecular weight excluding hydrogens is 378 g/mol. The van der Waals surface area contributed by atoms with E-state index in [0.29, 0.717) is 29.1 Å². The lowest BCUT2D eigenvalue weighted by Crippen LogP contribution is -2.32. The third kappa shape index (κ3) is 3.17. The molecule has 3 heterocycles. The summed E-state index contributed by atoms with van der Waals surface area (Å²) in [4.78, 5) is 22.7. The van der Waals surface area contributed by atoms with Crippen LogP contribution >= 0.6 is 0 Å². The summed E-state index contributed by atoms with van der Waals surface area (Å²) in [6, 6.07) is 15.6. The standard InChI is InChI=1S/C23H23N5O2/c1-14-8-10-15(11-9-14)28-21(24)19(23(29)25-13-16-5-4-12-30-16)20-22(28)27-18-7-3-2-6-17(18)26-20/h2-3,6-11,16H,4-5,12-13,24H2,1H3,(H,25,29)/t16-/m0/s1. The molecule has 1 amide bonds. The molecule has 7 nitrogen and oxygen atoms in total. The predicted molar refractivity (Wildman–Crippen MR) is 117 cm³/mol. The summed E-state index contributed by atoms with van der Waals surface area (Å²) in [5.74, 6) is 0.0671. The first-order chi connectivity index (χ1) is 14.6. The number of benzene rings is 2. The van der Waals surface area contributed by atoms with E-state index in [4.69, 9.17) is 20.4 Å². The van der Waals surface area contributed by atoms with Gasteiger partial charge in [-0.2, -0.15) is 0 Å². The lowest BCUT2D eigenvalue weighted by Gasteiger charge is -2.11. The van der Waals surface area contributed by atoms with E-state index in [1.165, 1.54) is 0 Å². The van der Waals surface area contributed by atoms with Gasteiger partial charge < -0.3 is 15.8 Å². The quantitative estimate of drug-likeness (QED) is 0.547. The molecule has 4 aromatic rings. The van der Waals surface area contributed by atoms with Gasteiger partial charge >= 0.3 is 0 Å². The summed E-state index contributed by atoms with van der Waals surface area (Å²) >= 11 is 0. The molecule has 7 heteroatoms. The second-order valence-electron chi connectivity index (χ2n) is 7.66. The fourth-order valence-electron chi connectivity index (χ4n) is 3.94. The number of para-hydroxylation sites is 2. The molecule has 1 atom stereocenters. The fourth-order valence-corrected chi connectivity index (χ4v) is 3.94. The van der Waals surface area contributed by atoms with Crippen LogP contribution in [0.4, 0.5) is 5.82 Å².